The first-order valence-electron chi connectivity index (χ1n) is 9.17. The smallest absolute Gasteiger partial charge is 0.0540 e. The summed E-state index contributed by atoms with van der Waals surface area (Å²) in [5.74, 6) is 0.996. The number of hydrogen-bond acceptors (Lipinski definition) is 3. The second-order valence-corrected chi connectivity index (χ2v) is 6.82. The van der Waals surface area contributed by atoms with Gasteiger partial charge in [0.05, 0.1) is 12.2 Å². The Kier molecular flexibility index (Phi) is 16.9. The third kappa shape index (κ3) is 16.5. The average molecular weight is 319 g/mol. The minimum absolute atomic E-state index is 0.105. The zero-order chi connectivity index (χ0) is 15.8. The first-order valence-corrected chi connectivity index (χ1v) is 9.81. The number of rotatable bonds is 16. The van der Waals surface area contributed by atoms with Crippen molar-refractivity contribution in [2.45, 2.75) is 109 Å². The van der Waals surface area contributed by atoms with Crippen molar-refractivity contribution in [3.05, 3.63) is 0 Å². The maximum absolute atomic E-state index is 9.91. The quantitative estimate of drug-likeness (QED) is 0.273. The molecule has 2 nitrogen and oxygen atoms in total. The maximum atomic E-state index is 9.91. The van der Waals surface area contributed by atoms with Crippen LogP contribution in [-0.2, 0) is 0 Å². The molecule has 0 amide bonds. The predicted octanol–water partition coefficient (Wildman–Crippen LogP) is 5.12. The van der Waals surface area contributed by atoms with E-state index in [9.17, 15) is 10.2 Å². The van der Waals surface area contributed by atoms with Gasteiger partial charge < -0.3 is 10.2 Å². The molecule has 128 valence electrons. The molecule has 0 rings (SSSR count). The summed E-state index contributed by atoms with van der Waals surface area (Å²) in [7, 11) is 0. The number of unbranched alkanes of at least 4 members (excludes halogenated alkanes) is 7. The number of thiol groups is 1. The van der Waals surface area contributed by atoms with E-state index in [-0.39, 0.29) is 12.2 Å². The highest BCUT2D eigenvalue weighted by molar-refractivity contribution is 7.80. The van der Waals surface area contributed by atoms with Crippen molar-refractivity contribution < 1.29 is 10.2 Å². The molecular weight excluding hydrogens is 280 g/mol. The molecule has 0 aromatic rings. The molecule has 0 heterocycles. The Morgan fingerprint density at radius 1 is 0.619 bits per heavy atom. The van der Waals surface area contributed by atoms with Crippen molar-refractivity contribution in [1.82, 2.24) is 0 Å². The van der Waals surface area contributed by atoms with E-state index in [4.69, 9.17) is 0 Å². The summed E-state index contributed by atoms with van der Waals surface area (Å²) in [5, 5.41) is 19.7. The topological polar surface area (TPSA) is 40.5 Å². The molecule has 2 atom stereocenters. The van der Waals surface area contributed by atoms with Crippen LogP contribution in [0.2, 0.25) is 0 Å². The van der Waals surface area contributed by atoms with Crippen molar-refractivity contribution in [3.8, 4) is 0 Å². The molecule has 0 spiro atoms. The van der Waals surface area contributed by atoms with Crippen LogP contribution < -0.4 is 0 Å². The standard InChI is InChI=1S/C18H38O2S/c1-2-3-12-17(19)14-9-7-10-15-18(20)13-8-5-4-6-11-16-21/h17-21H,2-16H2,1H3. The van der Waals surface area contributed by atoms with Gasteiger partial charge in [-0.3, -0.25) is 0 Å². The Bertz CT molecular complexity index is 200. The lowest BCUT2D eigenvalue weighted by Crippen LogP contribution is -2.07. The lowest BCUT2D eigenvalue weighted by atomic mass is 10.0. The molecule has 0 aromatic carbocycles. The second-order valence-electron chi connectivity index (χ2n) is 6.37. The molecule has 0 saturated heterocycles. The van der Waals surface area contributed by atoms with Crippen molar-refractivity contribution in [2.75, 3.05) is 5.75 Å². The van der Waals surface area contributed by atoms with Gasteiger partial charge in [0.15, 0.2) is 0 Å². The molecule has 0 aliphatic rings. The van der Waals surface area contributed by atoms with Gasteiger partial charge >= 0.3 is 0 Å². The number of aliphatic hydroxyl groups excluding tert-OH is 2. The lowest BCUT2D eigenvalue weighted by Gasteiger charge is -2.11. The molecule has 3 heteroatoms. The summed E-state index contributed by atoms with van der Waals surface area (Å²) in [6.07, 6.45) is 15.4. The van der Waals surface area contributed by atoms with Gasteiger partial charge in [0.2, 0.25) is 0 Å². The van der Waals surface area contributed by atoms with Gasteiger partial charge in [0.1, 0.15) is 0 Å². The minimum atomic E-state index is -0.111. The fourth-order valence-electron chi connectivity index (χ4n) is 2.69. The summed E-state index contributed by atoms with van der Waals surface area (Å²) < 4.78 is 0. The third-order valence-electron chi connectivity index (χ3n) is 4.16. The molecule has 0 saturated carbocycles. The largest absolute Gasteiger partial charge is 0.393 e. The first-order chi connectivity index (χ1) is 10.2. The molecule has 0 fully saturated rings. The monoisotopic (exact) mass is 318 g/mol. The Morgan fingerprint density at radius 2 is 1.00 bits per heavy atom. The van der Waals surface area contributed by atoms with Crippen molar-refractivity contribution >= 4 is 12.6 Å². The number of aliphatic hydroxyl groups is 2. The maximum Gasteiger partial charge on any atom is 0.0540 e. The van der Waals surface area contributed by atoms with E-state index in [0.717, 1.165) is 70.0 Å². The summed E-state index contributed by atoms with van der Waals surface area (Å²) in [5.41, 5.74) is 0. The highest BCUT2D eigenvalue weighted by atomic mass is 32.1. The van der Waals surface area contributed by atoms with E-state index in [1.165, 1.54) is 25.7 Å². The third-order valence-corrected chi connectivity index (χ3v) is 4.48. The molecule has 0 aromatic heterocycles. The average Bonchev–Trinajstić information content (AvgIpc) is 2.48. The van der Waals surface area contributed by atoms with Crippen LogP contribution in [-0.4, -0.2) is 28.2 Å². The summed E-state index contributed by atoms with van der Waals surface area (Å²) in [6, 6.07) is 0. The van der Waals surface area contributed by atoms with E-state index in [2.05, 4.69) is 19.6 Å². The van der Waals surface area contributed by atoms with Crippen LogP contribution in [0.25, 0.3) is 0 Å². The fourth-order valence-corrected chi connectivity index (χ4v) is 2.91. The van der Waals surface area contributed by atoms with Gasteiger partial charge in [0.25, 0.3) is 0 Å². The molecule has 2 N–H and O–H groups in total. The summed E-state index contributed by atoms with van der Waals surface area (Å²) in [6.45, 7) is 2.16. The highest BCUT2D eigenvalue weighted by Gasteiger charge is 2.05. The molecule has 2 unspecified atom stereocenters. The van der Waals surface area contributed by atoms with E-state index < -0.39 is 0 Å². The first kappa shape index (κ1) is 21.3. The Balaban J connectivity index is 3.24. The molecule has 21 heavy (non-hydrogen) atoms. The van der Waals surface area contributed by atoms with Crippen LogP contribution in [0.4, 0.5) is 0 Å². The Morgan fingerprint density at radius 3 is 1.48 bits per heavy atom. The van der Waals surface area contributed by atoms with E-state index in [1.54, 1.807) is 0 Å². The van der Waals surface area contributed by atoms with E-state index >= 15 is 0 Å². The van der Waals surface area contributed by atoms with Gasteiger partial charge in [-0.25, -0.2) is 0 Å². The van der Waals surface area contributed by atoms with Gasteiger partial charge in [-0.2, -0.15) is 12.6 Å². The van der Waals surface area contributed by atoms with Crippen LogP contribution >= 0.6 is 12.6 Å². The SMILES string of the molecule is CCCCC(O)CCCCCC(O)CCCCCCCS. The normalized spacial score (nSPS) is 14.3. The predicted molar refractivity (Wildman–Crippen MR) is 96.2 cm³/mol. The van der Waals surface area contributed by atoms with Crippen LogP contribution in [0.5, 0.6) is 0 Å². The zero-order valence-corrected chi connectivity index (χ0v) is 15.0. The van der Waals surface area contributed by atoms with Crippen LogP contribution in [0.1, 0.15) is 96.8 Å². The second kappa shape index (κ2) is 16.6. The van der Waals surface area contributed by atoms with Crippen molar-refractivity contribution in [2.24, 2.45) is 0 Å². The van der Waals surface area contributed by atoms with E-state index in [0.29, 0.717) is 0 Å². The van der Waals surface area contributed by atoms with E-state index in [1.807, 2.05) is 0 Å². The Labute approximate surface area is 138 Å². The van der Waals surface area contributed by atoms with Gasteiger partial charge in [0, 0.05) is 0 Å². The molecular formula is C18H38O2S. The summed E-state index contributed by atoms with van der Waals surface area (Å²) in [4.78, 5) is 0. The zero-order valence-electron chi connectivity index (χ0n) is 14.1. The van der Waals surface area contributed by atoms with Crippen LogP contribution in [0.15, 0.2) is 0 Å². The fraction of sp³-hybridized carbons (Fsp3) is 1.00. The van der Waals surface area contributed by atoms with Gasteiger partial charge in [-0.05, 0) is 37.9 Å². The van der Waals surface area contributed by atoms with Gasteiger partial charge in [-0.15, -0.1) is 0 Å². The van der Waals surface area contributed by atoms with Crippen molar-refractivity contribution in [1.29, 1.82) is 0 Å². The van der Waals surface area contributed by atoms with Crippen LogP contribution in [0.3, 0.4) is 0 Å². The van der Waals surface area contributed by atoms with Crippen molar-refractivity contribution in [3.63, 3.8) is 0 Å². The van der Waals surface area contributed by atoms with Gasteiger partial charge in [-0.1, -0.05) is 64.7 Å². The Hall–Kier alpha value is 0.270. The summed E-state index contributed by atoms with van der Waals surface area (Å²) >= 11 is 4.21. The number of hydrogen-bond donors (Lipinski definition) is 3. The molecule has 0 radical (unpaired) electrons. The minimum Gasteiger partial charge on any atom is -0.393 e. The molecule has 0 bridgehead atoms. The van der Waals surface area contributed by atoms with Crippen LogP contribution in [0, 0.1) is 0 Å². The lowest BCUT2D eigenvalue weighted by molar-refractivity contribution is 0.139. The molecule has 0 aliphatic carbocycles. The molecule has 0 aliphatic heterocycles. The highest BCUT2D eigenvalue weighted by Crippen LogP contribution is 2.14.